The number of methoxy groups -OCH3 is 2. The Kier molecular flexibility index (Phi) is 19.2. The van der Waals surface area contributed by atoms with Crippen molar-refractivity contribution in [3.05, 3.63) is 152 Å². The second-order valence-corrected chi connectivity index (χ2v) is 21.7. The maximum Gasteiger partial charge on any atom is 0.263 e. The molecule has 0 aliphatic carbocycles. The molecule has 0 aliphatic rings. The van der Waals surface area contributed by atoms with Crippen LogP contribution in [-0.4, -0.2) is 108 Å². The van der Waals surface area contributed by atoms with Gasteiger partial charge in [-0.1, -0.05) is 49.2 Å². The highest BCUT2D eigenvalue weighted by Gasteiger charge is 2.24. The van der Waals surface area contributed by atoms with Crippen molar-refractivity contribution in [2.24, 2.45) is 11.8 Å². The number of nitrogens with zero attached hydrogens (tertiary/aromatic N) is 6. The first-order chi connectivity index (χ1) is 38.1. The Morgan fingerprint density at radius 2 is 0.975 bits per heavy atom. The van der Waals surface area contributed by atoms with Gasteiger partial charge in [0.2, 0.25) is 23.6 Å². The third-order valence-corrected chi connectivity index (χ3v) is 15.6. The summed E-state index contributed by atoms with van der Waals surface area (Å²) in [5.41, 5.74) is 2.07. The van der Waals surface area contributed by atoms with Crippen LogP contribution in [0.3, 0.4) is 0 Å². The standard InChI is InChI=1S/2C26H25ClFN5O6S/c2*1-15(24(35)29-7-8-34)13-33-14-31-21-5-3-16(9-19(21)26(33)36)17-10-22(25(39-2)30-12-17)32-40(37,38)23-6-4-18(28)11-20(23)27/h2*3-6,9-12,14-15,32,34H,7-8,13H2,1-2H3,(H,29,35)/t2*15-/m10/s1. The molecule has 2 amide bonds. The topological polar surface area (TPSA) is 305 Å². The van der Waals surface area contributed by atoms with Gasteiger partial charge in [0.05, 0.1) is 83.8 Å². The van der Waals surface area contributed by atoms with E-state index in [0.717, 1.165) is 36.4 Å². The number of hydrogen-bond acceptors (Lipinski definition) is 16. The quantitative estimate of drug-likeness (QED) is 0.0540. The summed E-state index contributed by atoms with van der Waals surface area (Å²) in [5, 5.41) is 22.9. The van der Waals surface area contributed by atoms with Crippen molar-refractivity contribution in [1.82, 2.24) is 39.7 Å². The number of hydrogen-bond donors (Lipinski definition) is 6. The number of carbonyl (C=O) groups excluding carboxylic acids is 2. The number of amides is 2. The van der Waals surface area contributed by atoms with Crippen LogP contribution < -0.4 is 40.7 Å². The first-order valence-electron chi connectivity index (χ1n) is 23.9. The molecule has 420 valence electrons. The highest BCUT2D eigenvalue weighted by atomic mass is 35.5. The lowest BCUT2D eigenvalue weighted by molar-refractivity contribution is -0.125. The van der Waals surface area contributed by atoms with Crippen molar-refractivity contribution in [2.75, 3.05) is 50.0 Å². The van der Waals surface area contributed by atoms with E-state index in [9.17, 15) is 44.8 Å². The molecule has 28 heteroatoms. The van der Waals surface area contributed by atoms with Crippen LogP contribution in [0.4, 0.5) is 20.2 Å². The third kappa shape index (κ3) is 14.0. The number of sulfonamides is 2. The first-order valence-corrected chi connectivity index (χ1v) is 27.6. The van der Waals surface area contributed by atoms with E-state index in [0.29, 0.717) is 33.3 Å². The van der Waals surface area contributed by atoms with Crippen molar-refractivity contribution < 1.29 is 54.9 Å². The number of benzene rings is 4. The summed E-state index contributed by atoms with van der Waals surface area (Å²) in [7, 11) is -5.85. The summed E-state index contributed by atoms with van der Waals surface area (Å²) in [5.74, 6) is -3.14. The Morgan fingerprint density at radius 1 is 0.588 bits per heavy atom. The van der Waals surface area contributed by atoms with E-state index in [2.05, 4.69) is 40.0 Å². The molecule has 4 aromatic heterocycles. The van der Waals surface area contributed by atoms with Gasteiger partial charge in [0, 0.05) is 49.7 Å². The van der Waals surface area contributed by atoms with Crippen LogP contribution in [-0.2, 0) is 42.7 Å². The van der Waals surface area contributed by atoms with Crippen molar-refractivity contribution in [3.8, 4) is 34.0 Å². The minimum absolute atomic E-state index is 0.00759. The van der Waals surface area contributed by atoms with Crippen LogP contribution >= 0.6 is 23.2 Å². The van der Waals surface area contributed by atoms with E-state index in [1.165, 1.54) is 60.5 Å². The minimum Gasteiger partial charge on any atom is -0.480 e. The predicted octanol–water partition coefficient (Wildman–Crippen LogP) is 5.61. The minimum atomic E-state index is -4.24. The van der Waals surface area contributed by atoms with Crippen molar-refractivity contribution in [3.63, 3.8) is 0 Å². The zero-order chi connectivity index (χ0) is 58.1. The molecule has 0 fully saturated rings. The van der Waals surface area contributed by atoms with E-state index < -0.39 is 43.5 Å². The molecule has 0 bridgehead atoms. The van der Waals surface area contributed by atoms with Gasteiger partial charge in [-0.15, -0.1) is 0 Å². The fourth-order valence-electron chi connectivity index (χ4n) is 7.88. The van der Waals surface area contributed by atoms with Gasteiger partial charge < -0.3 is 30.3 Å². The van der Waals surface area contributed by atoms with Gasteiger partial charge >= 0.3 is 0 Å². The van der Waals surface area contributed by atoms with Crippen LogP contribution in [0, 0.1) is 23.5 Å². The molecule has 22 nitrogen and oxygen atoms in total. The van der Waals surface area contributed by atoms with Gasteiger partial charge in [-0.25, -0.2) is 45.6 Å². The molecule has 2 atom stereocenters. The van der Waals surface area contributed by atoms with Crippen LogP contribution in [0.15, 0.2) is 129 Å². The number of carbonyl (C=O) groups is 2. The Hall–Kier alpha value is -8.14. The van der Waals surface area contributed by atoms with E-state index in [-0.39, 0.29) is 116 Å². The van der Waals surface area contributed by atoms with Crippen LogP contribution in [0.2, 0.25) is 10.0 Å². The van der Waals surface area contributed by atoms with Gasteiger partial charge in [0.15, 0.2) is 0 Å². The van der Waals surface area contributed by atoms with Crippen molar-refractivity contribution in [2.45, 2.75) is 36.7 Å². The van der Waals surface area contributed by atoms with Crippen LogP contribution in [0.25, 0.3) is 44.1 Å². The van der Waals surface area contributed by atoms with E-state index in [4.69, 9.17) is 42.9 Å². The summed E-state index contributed by atoms with van der Waals surface area (Å²) >= 11 is 11.9. The lowest BCUT2D eigenvalue weighted by Gasteiger charge is -2.14. The number of aromatic nitrogens is 6. The normalized spacial score (nSPS) is 12.2. The number of rotatable bonds is 20. The second kappa shape index (κ2) is 25.8. The van der Waals surface area contributed by atoms with Crippen LogP contribution in [0.5, 0.6) is 11.8 Å². The number of ether oxygens (including phenoxy) is 2. The van der Waals surface area contributed by atoms with Gasteiger partial charge in [-0.2, -0.15) is 0 Å². The third-order valence-electron chi connectivity index (χ3n) is 11.9. The molecule has 8 rings (SSSR count). The lowest BCUT2D eigenvalue weighted by atomic mass is 10.0. The molecular formula is C52H50Cl2F2N10O12S2. The highest BCUT2D eigenvalue weighted by Crippen LogP contribution is 2.34. The monoisotopic (exact) mass is 1180 g/mol. The summed E-state index contributed by atoms with van der Waals surface area (Å²) in [4.78, 5) is 67.2. The smallest absolute Gasteiger partial charge is 0.263 e. The molecule has 0 saturated carbocycles. The summed E-state index contributed by atoms with van der Waals surface area (Å²) in [6.07, 6.45) is 5.63. The number of nitrogens with one attached hydrogen (secondary N) is 4. The van der Waals surface area contributed by atoms with E-state index >= 15 is 0 Å². The zero-order valence-corrected chi connectivity index (χ0v) is 45.9. The lowest BCUT2D eigenvalue weighted by Crippen LogP contribution is -2.35. The molecule has 4 aromatic carbocycles. The molecule has 6 N–H and O–H groups in total. The molecule has 80 heavy (non-hydrogen) atoms. The van der Waals surface area contributed by atoms with Crippen molar-refractivity contribution in [1.29, 1.82) is 0 Å². The Bertz CT molecular complexity index is 3750. The molecule has 0 aliphatic heterocycles. The number of fused-ring (bicyclic) bond motifs is 2. The summed E-state index contributed by atoms with van der Waals surface area (Å²) in [6.45, 7) is 3.31. The fourth-order valence-corrected chi connectivity index (χ4v) is 11.0. The van der Waals surface area contributed by atoms with E-state index in [1.807, 2.05) is 0 Å². The molecule has 8 aromatic rings. The largest absolute Gasteiger partial charge is 0.480 e. The second-order valence-electron chi connectivity index (χ2n) is 17.6. The number of pyridine rings is 2. The molecule has 0 saturated heterocycles. The Morgan fingerprint density at radius 3 is 1.32 bits per heavy atom. The molecule has 4 heterocycles. The molecule has 0 radical (unpaired) electrons. The highest BCUT2D eigenvalue weighted by molar-refractivity contribution is 7.93. The Labute approximate surface area is 465 Å². The van der Waals surface area contributed by atoms with Gasteiger partial charge in [0.25, 0.3) is 31.2 Å². The van der Waals surface area contributed by atoms with Gasteiger partial charge in [-0.3, -0.25) is 37.8 Å². The first kappa shape index (κ1) is 59.5. The van der Waals surface area contributed by atoms with Gasteiger partial charge in [0.1, 0.15) is 32.8 Å². The van der Waals surface area contributed by atoms with Crippen LogP contribution in [0.1, 0.15) is 13.8 Å². The number of anilines is 2. The Balaban J connectivity index is 0.000000231. The maximum absolute atomic E-state index is 13.4. The number of aliphatic hydroxyl groups is 2. The molecular weight excluding hydrogens is 1130 g/mol. The average Bonchev–Trinajstić information content (AvgIpc) is 3.42. The zero-order valence-electron chi connectivity index (χ0n) is 42.8. The molecule has 0 unspecified atom stereocenters. The van der Waals surface area contributed by atoms with E-state index in [1.54, 1.807) is 50.2 Å². The number of halogens is 4. The number of aliphatic hydroxyl groups excluding tert-OH is 2. The fraction of sp³-hybridized carbons (Fsp3) is 0.231. The average molecular weight is 1180 g/mol. The predicted molar refractivity (Wildman–Crippen MR) is 295 cm³/mol. The van der Waals surface area contributed by atoms with Crippen molar-refractivity contribution >= 4 is 88.2 Å². The SMILES string of the molecule is COc1ncc(-c2ccc3ncn(C[C@@H](C)C(=O)NCCO)c(=O)c3c2)cc1NS(=O)(=O)c1ccc(F)cc1Cl.COc1ncc(-c2ccc3ncn(C[C@H](C)C(=O)NCCO)c(=O)c3c2)cc1NS(=O)(=O)c1ccc(F)cc1Cl. The molecule has 0 spiro atoms. The summed E-state index contributed by atoms with van der Waals surface area (Å²) < 4.78 is 96.7. The maximum atomic E-state index is 13.4. The summed E-state index contributed by atoms with van der Waals surface area (Å²) in [6, 6.07) is 18.6. The van der Waals surface area contributed by atoms with Gasteiger partial charge in [-0.05, 0) is 83.9 Å².